The SMILES string of the molecule is COc1csc(C(O)(C23CC4CC(CC(C4)C2)C3)C23CC4CC(CC(C4)C2)C3)c1. The summed E-state index contributed by atoms with van der Waals surface area (Å²) in [7, 11) is 1.78. The van der Waals surface area contributed by atoms with Gasteiger partial charge in [0.15, 0.2) is 0 Å². The van der Waals surface area contributed by atoms with Crippen LogP contribution in [0.15, 0.2) is 11.4 Å². The molecule has 2 nitrogen and oxygen atoms in total. The molecule has 1 N–H and O–H groups in total. The molecule has 8 aliphatic rings. The van der Waals surface area contributed by atoms with Gasteiger partial charge in [-0.15, -0.1) is 11.3 Å². The Labute approximate surface area is 179 Å². The van der Waals surface area contributed by atoms with Gasteiger partial charge < -0.3 is 9.84 Å². The smallest absolute Gasteiger partial charge is 0.129 e. The highest BCUT2D eigenvalue weighted by molar-refractivity contribution is 7.10. The Morgan fingerprint density at radius 3 is 1.48 bits per heavy atom. The van der Waals surface area contributed by atoms with Crippen molar-refractivity contribution in [3.63, 3.8) is 0 Å². The Morgan fingerprint density at radius 2 is 1.17 bits per heavy atom. The molecule has 29 heavy (non-hydrogen) atoms. The summed E-state index contributed by atoms with van der Waals surface area (Å²) in [6.07, 6.45) is 16.4. The lowest BCUT2D eigenvalue weighted by molar-refractivity contribution is -0.276. The molecule has 158 valence electrons. The van der Waals surface area contributed by atoms with E-state index in [1.165, 1.54) is 81.9 Å². The topological polar surface area (TPSA) is 29.5 Å². The first-order valence-electron chi connectivity index (χ1n) is 12.4. The maximum Gasteiger partial charge on any atom is 0.129 e. The lowest BCUT2D eigenvalue weighted by Gasteiger charge is -2.70. The summed E-state index contributed by atoms with van der Waals surface area (Å²) < 4.78 is 5.63. The van der Waals surface area contributed by atoms with Crippen molar-refractivity contribution >= 4 is 11.3 Å². The first-order valence-corrected chi connectivity index (χ1v) is 13.2. The zero-order valence-electron chi connectivity index (χ0n) is 17.9. The van der Waals surface area contributed by atoms with Crippen molar-refractivity contribution in [3.8, 4) is 5.75 Å². The number of methoxy groups -OCH3 is 1. The zero-order chi connectivity index (χ0) is 19.4. The molecule has 8 bridgehead atoms. The van der Waals surface area contributed by atoms with Crippen molar-refractivity contribution in [2.45, 2.75) is 82.7 Å². The van der Waals surface area contributed by atoms with Crippen LogP contribution in [0.5, 0.6) is 5.75 Å². The number of hydrogen-bond acceptors (Lipinski definition) is 3. The van der Waals surface area contributed by atoms with Gasteiger partial charge in [0.25, 0.3) is 0 Å². The van der Waals surface area contributed by atoms with Crippen LogP contribution in [0.3, 0.4) is 0 Å². The second-order valence-electron chi connectivity index (χ2n) is 12.5. The minimum atomic E-state index is -0.631. The van der Waals surface area contributed by atoms with E-state index in [-0.39, 0.29) is 10.8 Å². The molecule has 1 aromatic rings. The molecule has 8 fully saturated rings. The number of hydrogen-bond donors (Lipinski definition) is 1. The van der Waals surface area contributed by atoms with E-state index in [0.29, 0.717) is 0 Å². The third-order valence-corrected chi connectivity index (χ3v) is 11.8. The van der Waals surface area contributed by atoms with E-state index < -0.39 is 5.60 Å². The Kier molecular flexibility index (Phi) is 3.63. The molecule has 1 aromatic heterocycles. The number of ether oxygens (including phenoxy) is 1. The molecule has 1 heterocycles. The summed E-state index contributed by atoms with van der Waals surface area (Å²) in [5.74, 6) is 6.23. The maximum absolute atomic E-state index is 13.3. The zero-order valence-corrected chi connectivity index (χ0v) is 18.7. The van der Waals surface area contributed by atoms with Crippen molar-refractivity contribution in [1.29, 1.82) is 0 Å². The van der Waals surface area contributed by atoms with Crippen LogP contribution in [0.4, 0.5) is 0 Å². The molecule has 0 aliphatic heterocycles. The molecule has 3 heteroatoms. The van der Waals surface area contributed by atoms with Gasteiger partial charge in [-0.25, -0.2) is 0 Å². The average molecular weight is 413 g/mol. The van der Waals surface area contributed by atoms with E-state index in [2.05, 4.69) is 11.4 Å². The molecule has 9 rings (SSSR count). The predicted molar refractivity (Wildman–Crippen MR) is 116 cm³/mol. The van der Waals surface area contributed by atoms with E-state index >= 15 is 0 Å². The van der Waals surface area contributed by atoms with Crippen LogP contribution in [0.25, 0.3) is 0 Å². The van der Waals surface area contributed by atoms with Gasteiger partial charge in [-0.1, -0.05) is 0 Å². The van der Waals surface area contributed by atoms with Crippen LogP contribution in [0.1, 0.15) is 81.9 Å². The summed E-state index contributed by atoms with van der Waals surface area (Å²) in [6, 6.07) is 2.24. The molecule has 8 aliphatic carbocycles. The molecular weight excluding hydrogens is 376 g/mol. The summed E-state index contributed by atoms with van der Waals surface area (Å²) in [5, 5.41) is 15.4. The molecule has 0 saturated heterocycles. The van der Waals surface area contributed by atoms with Crippen molar-refractivity contribution in [2.75, 3.05) is 7.11 Å². The van der Waals surface area contributed by atoms with Gasteiger partial charge in [0.1, 0.15) is 11.4 Å². The standard InChI is InChI=1S/C26H36O2S/c1-28-22-8-23(29-15-22)26(27,24-9-16-2-17(10-24)4-18(3-16)11-24)25-12-19-5-20(13-25)7-21(6-19)14-25/h8,15-21,27H,2-7,9-14H2,1H3. The van der Waals surface area contributed by atoms with Crippen LogP contribution >= 0.6 is 11.3 Å². The van der Waals surface area contributed by atoms with Crippen molar-refractivity contribution in [3.05, 3.63) is 16.3 Å². The maximum atomic E-state index is 13.3. The van der Waals surface area contributed by atoms with E-state index in [1.54, 1.807) is 18.4 Å². The molecule has 0 spiro atoms. The van der Waals surface area contributed by atoms with Crippen molar-refractivity contribution < 1.29 is 9.84 Å². The first kappa shape index (κ1) is 18.1. The molecular formula is C26H36O2S. The summed E-state index contributed by atoms with van der Waals surface area (Å²) >= 11 is 1.80. The first-order chi connectivity index (χ1) is 14.0. The molecule has 0 amide bonds. The molecule has 0 aromatic carbocycles. The molecule has 0 radical (unpaired) electrons. The van der Waals surface area contributed by atoms with Gasteiger partial charge in [-0.3, -0.25) is 0 Å². The Bertz CT molecular complexity index is 708. The average Bonchev–Trinajstić information content (AvgIpc) is 3.14. The van der Waals surface area contributed by atoms with Gasteiger partial charge in [-0.2, -0.15) is 0 Å². The van der Waals surface area contributed by atoms with E-state index in [1.807, 2.05) is 0 Å². The lowest BCUT2D eigenvalue weighted by Crippen LogP contribution is -2.66. The minimum absolute atomic E-state index is 0.128. The summed E-state index contributed by atoms with van der Waals surface area (Å²) in [6.45, 7) is 0. The van der Waals surface area contributed by atoms with Crippen LogP contribution in [-0.4, -0.2) is 12.2 Å². The minimum Gasteiger partial charge on any atom is -0.496 e. The van der Waals surface area contributed by atoms with Gasteiger partial charge in [0.05, 0.1) is 7.11 Å². The number of thiophene rings is 1. The highest BCUT2D eigenvalue weighted by Crippen LogP contribution is 2.75. The highest BCUT2D eigenvalue weighted by Gasteiger charge is 2.70. The highest BCUT2D eigenvalue weighted by atomic mass is 32.1. The fraction of sp³-hybridized carbons (Fsp3) is 0.846. The van der Waals surface area contributed by atoms with Crippen molar-refractivity contribution in [2.24, 2.45) is 46.3 Å². The van der Waals surface area contributed by atoms with E-state index in [4.69, 9.17) is 4.74 Å². The van der Waals surface area contributed by atoms with Gasteiger partial charge >= 0.3 is 0 Å². The Morgan fingerprint density at radius 1 is 0.793 bits per heavy atom. The van der Waals surface area contributed by atoms with Crippen LogP contribution in [0.2, 0.25) is 0 Å². The fourth-order valence-corrected chi connectivity index (χ4v) is 12.0. The molecule has 0 unspecified atom stereocenters. The Hall–Kier alpha value is -0.540. The van der Waals surface area contributed by atoms with Gasteiger partial charge in [0.2, 0.25) is 0 Å². The van der Waals surface area contributed by atoms with Gasteiger partial charge in [0, 0.05) is 21.1 Å². The van der Waals surface area contributed by atoms with Gasteiger partial charge in [-0.05, 0) is 119 Å². The number of rotatable bonds is 4. The van der Waals surface area contributed by atoms with E-state index in [9.17, 15) is 5.11 Å². The fourth-order valence-electron chi connectivity index (χ4n) is 10.8. The van der Waals surface area contributed by atoms with E-state index in [0.717, 1.165) is 41.3 Å². The summed E-state index contributed by atoms with van der Waals surface area (Å²) in [4.78, 5) is 1.26. The van der Waals surface area contributed by atoms with Crippen LogP contribution < -0.4 is 4.74 Å². The molecule has 8 saturated carbocycles. The second kappa shape index (κ2) is 5.82. The quantitative estimate of drug-likeness (QED) is 0.622. The third kappa shape index (κ3) is 2.27. The summed E-state index contributed by atoms with van der Waals surface area (Å²) in [5.41, 5.74) is -0.375. The Balaban J connectivity index is 1.41. The lowest BCUT2D eigenvalue weighted by atomic mass is 9.36. The normalized spacial score (nSPS) is 51.4. The third-order valence-electron chi connectivity index (χ3n) is 10.8. The van der Waals surface area contributed by atoms with Crippen molar-refractivity contribution in [1.82, 2.24) is 0 Å². The molecule has 0 atom stereocenters. The second-order valence-corrected chi connectivity index (χ2v) is 13.4. The van der Waals surface area contributed by atoms with Crippen LogP contribution in [-0.2, 0) is 5.60 Å². The monoisotopic (exact) mass is 412 g/mol. The number of aliphatic hydroxyl groups is 1. The van der Waals surface area contributed by atoms with Crippen LogP contribution in [0, 0.1) is 46.3 Å². The predicted octanol–water partition coefficient (Wildman–Crippen LogP) is 6.38. The largest absolute Gasteiger partial charge is 0.496 e.